The fourth-order valence-corrected chi connectivity index (χ4v) is 3.88. The number of phenolic OH excluding ortho intramolecular Hbond substituents is 1. The second-order valence-corrected chi connectivity index (χ2v) is 7.46. The summed E-state index contributed by atoms with van der Waals surface area (Å²) in [5.41, 5.74) is 2.63. The van der Waals surface area contributed by atoms with E-state index in [1.54, 1.807) is 13.2 Å². The number of fused-ring (bicyclic) bond motifs is 1. The van der Waals surface area contributed by atoms with Crippen molar-refractivity contribution < 1.29 is 19.1 Å². The molecule has 0 spiro atoms. The number of nitrogens with zero attached hydrogens (tertiary/aromatic N) is 1. The summed E-state index contributed by atoms with van der Waals surface area (Å²) in [6.45, 7) is 1.95. The number of ether oxygens (including phenoxy) is 1. The zero-order valence-corrected chi connectivity index (χ0v) is 16.3. The molecule has 2 aromatic carbocycles. The van der Waals surface area contributed by atoms with Gasteiger partial charge in [-0.1, -0.05) is 24.3 Å². The molecular formula is C23H23NO5. The summed E-state index contributed by atoms with van der Waals surface area (Å²) >= 11 is 0. The van der Waals surface area contributed by atoms with Gasteiger partial charge < -0.3 is 19.2 Å². The highest BCUT2D eigenvalue weighted by Gasteiger charge is 2.29. The van der Waals surface area contributed by atoms with E-state index in [4.69, 9.17) is 9.15 Å². The summed E-state index contributed by atoms with van der Waals surface area (Å²) in [7, 11) is 1.64. The van der Waals surface area contributed by atoms with Gasteiger partial charge >= 0.3 is 0 Å². The maximum atomic E-state index is 12.8. The van der Waals surface area contributed by atoms with E-state index in [1.807, 2.05) is 29.2 Å². The molecule has 29 heavy (non-hydrogen) atoms. The number of phenols is 1. The van der Waals surface area contributed by atoms with Crippen LogP contribution < -0.4 is 5.43 Å². The quantitative estimate of drug-likeness (QED) is 0.696. The van der Waals surface area contributed by atoms with E-state index in [9.17, 15) is 14.7 Å². The van der Waals surface area contributed by atoms with Crippen LogP contribution in [0, 0.1) is 5.92 Å². The Hall–Kier alpha value is -3.12. The number of carbonyl (C=O) groups is 1. The van der Waals surface area contributed by atoms with Crippen molar-refractivity contribution >= 4 is 16.9 Å². The maximum Gasteiger partial charge on any atom is 0.223 e. The molecule has 3 aromatic rings. The Bertz CT molecular complexity index is 1090. The van der Waals surface area contributed by atoms with E-state index in [0.717, 1.165) is 24.1 Å². The van der Waals surface area contributed by atoms with Gasteiger partial charge in [-0.05, 0) is 35.6 Å². The van der Waals surface area contributed by atoms with Crippen LogP contribution >= 0.6 is 0 Å². The van der Waals surface area contributed by atoms with Crippen LogP contribution in [0.1, 0.15) is 12.0 Å². The molecule has 1 N–H and O–H groups in total. The highest BCUT2D eigenvalue weighted by molar-refractivity contribution is 5.82. The topological polar surface area (TPSA) is 80.0 Å². The van der Waals surface area contributed by atoms with Gasteiger partial charge in [0, 0.05) is 32.7 Å². The highest BCUT2D eigenvalue weighted by atomic mass is 16.5. The molecule has 1 unspecified atom stereocenters. The number of methoxy groups -OCH3 is 1. The molecule has 0 bridgehead atoms. The Kier molecular flexibility index (Phi) is 5.36. The highest BCUT2D eigenvalue weighted by Crippen LogP contribution is 2.25. The standard InChI is InChI=1S/C23H23NO5/c1-28-9-8-24-13-16(11-22(24)26)10-15-2-4-17(5-3-15)20-14-29-21-12-18(25)6-7-19(21)23(20)27/h2-7,12,14,16,25H,8-11,13H2,1H3. The molecule has 1 saturated heterocycles. The molecule has 4 rings (SSSR count). The first kappa shape index (κ1) is 19.2. The molecule has 6 heteroatoms. The van der Waals surface area contributed by atoms with Crippen LogP contribution in [0.5, 0.6) is 5.75 Å². The predicted molar refractivity (Wildman–Crippen MR) is 110 cm³/mol. The molecule has 6 nitrogen and oxygen atoms in total. The zero-order valence-electron chi connectivity index (χ0n) is 16.3. The van der Waals surface area contributed by atoms with Crippen LogP contribution in [0.25, 0.3) is 22.1 Å². The van der Waals surface area contributed by atoms with Crippen molar-refractivity contribution in [3.63, 3.8) is 0 Å². The van der Waals surface area contributed by atoms with Crippen LogP contribution in [-0.4, -0.2) is 42.7 Å². The van der Waals surface area contributed by atoms with E-state index >= 15 is 0 Å². The normalized spacial score (nSPS) is 16.7. The first-order valence-electron chi connectivity index (χ1n) is 9.65. The second kappa shape index (κ2) is 8.09. The lowest BCUT2D eigenvalue weighted by Crippen LogP contribution is -2.28. The van der Waals surface area contributed by atoms with Crippen molar-refractivity contribution in [2.24, 2.45) is 5.92 Å². The van der Waals surface area contributed by atoms with Crippen molar-refractivity contribution in [1.82, 2.24) is 4.90 Å². The van der Waals surface area contributed by atoms with Gasteiger partial charge in [0.05, 0.1) is 17.6 Å². The summed E-state index contributed by atoms with van der Waals surface area (Å²) in [4.78, 5) is 26.7. The Morgan fingerprint density at radius 3 is 2.72 bits per heavy atom. The van der Waals surface area contributed by atoms with Gasteiger partial charge in [0.25, 0.3) is 0 Å². The van der Waals surface area contributed by atoms with E-state index in [0.29, 0.717) is 42.0 Å². The number of likely N-dealkylation sites (tertiary alicyclic amines) is 1. The van der Waals surface area contributed by atoms with E-state index < -0.39 is 0 Å². The lowest BCUT2D eigenvalue weighted by molar-refractivity contribution is -0.128. The molecule has 150 valence electrons. The predicted octanol–water partition coefficient (Wildman–Crippen LogP) is 3.20. The lowest BCUT2D eigenvalue weighted by Gasteiger charge is -2.16. The number of carbonyl (C=O) groups excluding carboxylic acids is 1. The van der Waals surface area contributed by atoms with Gasteiger partial charge in [-0.2, -0.15) is 0 Å². The molecule has 1 fully saturated rings. The molecule has 0 saturated carbocycles. The largest absolute Gasteiger partial charge is 0.508 e. The monoisotopic (exact) mass is 393 g/mol. The molecule has 0 radical (unpaired) electrons. The van der Waals surface area contributed by atoms with Crippen LogP contribution in [0.15, 0.2) is 57.9 Å². The van der Waals surface area contributed by atoms with Crippen LogP contribution in [0.3, 0.4) is 0 Å². The molecule has 1 amide bonds. The summed E-state index contributed by atoms with van der Waals surface area (Å²) in [6.07, 6.45) is 2.82. The SMILES string of the molecule is COCCN1CC(Cc2ccc(-c3coc4cc(O)ccc4c3=O)cc2)CC1=O. The number of hydrogen-bond acceptors (Lipinski definition) is 5. The molecule has 0 aliphatic carbocycles. The minimum Gasteiger partial charge on any atom is -0.508 e. The summed E-state index contributed by atoms with van der Waals surface area (Å²) in [5.74, 6) is 0.538. The molecule has 1 atom stereocenters. The Morgan fingerprint density at radius 1 is 1.17 bits per heavy atom. The van der Waals surface area contributed by atoms with Crippen LogP contribution in [0.2, 0.25) is 0 Å². The summed E-state index contributed by atoms with van der Waals surface area (Å²) in [6, 6.07) is 12.3. The molecule has 1 aromatic heterocycles. The van der Waals surface area contributed by atoms with Gasteiger partial charge in [0.15, 0.2) is 5.43 Å². The summed E-state index contributed by atoms with van der Waals surface area (Å²) in [5, 5.41) is 9.97. The number of aromatic hydroxyl groups is 1. The van der Waals surface area contributed by atoms with Crippen LogP contribution in [-0.2, 0) is 16.0 Å². The fourth-order valence-electron chi connectivity index (χ4n) is 3.88. The van der Waals surface area contributed by atoms with Crippen molar-refractivity contribution in [3.05, 3.63) is 64.5 Å². The average Bonchev–Trinajstić information content (AvgIpc) is 3.06. The Balaban J connectivity index is 1.49. The smallest absolute Gasteiger partial charge is 0.223 e. The van der Waals surface area contributed by atoms with Gasteiger partial charge in [0.2, 0.25) is 5.91 Å². The fraction of sp³-hybridized carbons (Fsp3) is 0.304. The van der Waals surface area contributed by atoms with E-state index in [1.165, 1.54) is 18.4 Å². The van der Waals surface area contributed by atoms with Gasteiger partial charge in [-0.3, -0.25) is 9.59 Å². The Morgan fingerprint density at radius 2 is 1.97 bits per heavy atom. The molecule has 1 aliphatic rings. The van der Waals surface area contributed by atoms with Crippen LogP contribution in [0.4, 0.5) is 0 Å². The third kappa shape index (κ3) is 4.03. The third-order valence-corrected chi connectivity index (χ3v) is 5.41. The summed E-state index contributed by atoms with van der Waals surface area (Å²) < 4.78 is 10.6. The number of amides is 1. The van der Waals surface area contributed by atoms with Gasteiger partial charge in [-0.15, -0.1) is 0 Å². The second-order valence-electron chi connectivity index (χ2n) is 7.46. The van der Waals surface area contributed by atoms with E-state index in [-0.39, 0.29) is 17.1 Å². The minimum atomic E-state index is -0.130. The van der Waals surface area contributed by atoms with Crippen molar-refractivity contribution in [1.29, 1.82) is 0 Å². The molecule has 1 aliphatic heterocycles. The average molecular weight is 393 g/mol. The first-order valence-corrected chi connectivity index (χ1v) is 9.65. The van der Waals surface area contributed by atoms with Crippen molar-refractivity contribution in [2.45, 2.75) is 12.8 Å². The lowest BCUT2D eigenvalue weighted by atomic mass is 9.96. The Labute approximate surface area is 168 Å². The number of hydrogen-bond donors (Lipinski definition) is 1. The van der Waals surface area contributed by atoms with Crippen molar-refractivity contribution in [3.8, 4) is 16.9 Å². The molecule has 2 heterocycles. The maximum absolute atomic E-state index is 12.8. The first-order chi connectivity index (χ1) is 14.0. The number of benzene rings is 2. The third-order valence-electron chi connectivity index (χ3n) is 5.41. The number of rotatable bonds is 6. The van der Waals surface area contributed by atoms with Gasteiger partial charge in [-0.25, -0.2) is 0 Å². The van der Waals surface area contributed by atoms with Crippen molar-refractivity contribution in [2.75, 3.05) is 26.8 Å². The van der Waals surface area contributed by atoms with E-state index in [2.05, 4.69) is 0 Å². The minimum absolute atomic E-state index is 0.0592. The zero-order chi connectivity index (χ0) is 20.4. The molecular weight excluding hydrogens is 370 g/mol. The van der Waals surface area contributed by atoms with Gasteiger partial charge in [0.1, 0.15) is 17.6 Å².